The Bertz CT molecular complexity index is 1120. The predicted molar refractivity (Wildman–Crippen MR) is 130 cm³/mol. The van der Waals surface area contributed by atoms with E-state index in [0.29, 0.717) is 25.8 Å². The van der Waals surface area contributed by atoms with Gasteiger partial charge < -0.3 is 25.7 Å². The van der Waals surface area contributed by atoms with Crippen molar-refractivity contribution in [3.05, 3.63) is 34.8 Å². The molecule has 12 nitrogen and oxygen atoms in total. The van der Waals surface area contributed by atoms with Gasteiger partial charge in [0, 0.05) is 19.3 Å². The Morgan fingerprint density at radius 3 is 2.53 bits per heavy atom. The summed E-state index contributed by atoms with van der Waals surface area (Å²) in [6.07, 6.45) is 1.50. The van der Waals surface area contributed by atoms with E-state index in [1.807, 2.05) is 20.8 Å². The molecule has 0 unspecified atom stereocenters. The number of carbonyl (C=O) groups is 4. The Morgan fingerprint density at radius 1 is 1.17 bits per heavy atom. The topological polar surface area (TPSA) is 160 Å². The summed E-state index contributed by atoms with van der Waals surface area (Å²) in [6.45, 7) is 9.16. The zero-order valence-electron chi connectivity index (χ0n) is 21.6. The van der Waals surface area contributed by atoms with Crippen LogP contribution < -0.4 is 21.3 Å². The van der Waals surface area contributed by atoms with E-state index in [2.05, 4.69) is 31.3 Å². The first-order chi connectivity index (χ1) is 17.0. The second-order valence-corrected chi connectivity index (χ2v) is 9.49. The number of amides is 4. The maximum absolute atomic E-state index is 13.4. The lowest BCUT2D eigenvalue weighted by molar-refractivity contribution is -0.124. The SMILES string of the molecule is Cc1oc2nc1C(=O)N[C@H](C)C(=O)NCCCC[C@H](NC(=O)c1cc(C)n(C)n1)C(=O)N[C@H]2C(C)C. The summed E-state index contributed by atoms with van der Waals surface area (Å²) in [6, 6.07) is -0.594. The second kappa shape index (κ2) is 11.4. The van der Waals surface area contributed by atoms with Crippen LogP contribution in [-0.4, -0.2) is 57.0 Å². The molecule has 0 aliphatic carbocycles. The van der Waals surface area contributed by atoms with Crippen molar-refractivity contribution in [2.45, 2.75) is 72.0 Å². The van der Waals surface area contributed by atoms with E-state index in [1.54, 1.807) is 31.6 Å². The lowest BCUT2D eigenvalue weighted by atomic mass is 10.0. The Hall–Kier alpha value is -3.70. The first-order valence-electron chi connectivity index (χ1n) is 12.2. The number of carbonyl (C=O) groups excluding carboxylic acids is 4. The molecule has 0 saturated carbocycles. The molecule has 3 rings (SSSR count). The van der Waals surface area contributed by atoms with Crippen molar-refractivity contribution >= 4 is 23.6 Å². The van der Waals surface area contributed by atoms with Crippen molar-refractivity contribution in [3.63, 3.8) is 0 Å². The maximum atomic E-state index is 13.4. The average molecular weight is 502 g/mol. The number of hydrogen-bond acceptors (Lipinski definition) is 7. The molecule has 12 heteroatoms. The third kappa shape index (κ3) is 6.29. The van der Waals surface area contributed by atoms with Crippen molar-refractivity contribution in [2.24, 2.45) is 13.0 Å². The molecule has 36 heavy (non-hydrogen) atoms. The van der Waals surface area contributed by atoms with E-state index in [4.69, 9.17) is 4.42 Å². The normalized spacial score (nSPS) is 22.1. The van der Waals surface area contributed by atoms with Crippen LogP contribution in [0.25, 0.3) is 0 Å². The van der Waals surface area contributed by atoms with Crippen LogP contribution in [0.5, 0.6) is 0 Å². The van der Waals surface area contributed by atoms with Gasteiger partial charge in [0.25, 0.3) is 11.8 Å². The molecule has 1 aliphatic rings. The number of oxazole rings is 1. The van der Waals surface area contributed by atoms with Crippen LogP contribution in [0.2, 0.25) is 0 Å². The second-order valence-electron chi connectivity index (χ2n) is 9.49. The molecule has 0 aromatic carbocycles. The molecule has 2 aromatic heterocycles. The van der Waals surface area contributed by atoms with Crippen LogP contribution in [0.4, 0.5) is 0 Å². The third-order valence-corrected chi connectivity index (χ3v) is 6.19. The molecule has 3 atom stereocenters. The molecule has 2 aromatic rings. The van der Waals surface area contributed by atoms with Gasteiger partial charge in [0.2, 0.25) is 17.7 Å². The molecule has 0 fully saturated rings. The first kappa shape index (κ1) is 26.9. The molecule has 2 bridgehead atoms. The molecule has 0 saturated heterocycles. The van der Waals surface area contributed by atoms with Gasteiger partial charge in [-0.3, -0.25) is 23.9 Å². The summed E-state index contributed by atoms with van der Waals surface area (Å²) < 4.78 is 7.35. The summed E-state index contributed by atoms with van der Waals surface area (Å²) >= 11 is 0. The van der Waals surface area contributed by atoms with Gasteiger partial charge in [-0.1, -0.05) is 13.8 Å². The van der Waals surface area contributed by atoms with Crippen molar-refractivity contribution in [1.82, 2.24) is 36.0 Å². The summed E-state index contributed by atoms with van der Waals surface area (Å²) in [7, 11) is 1.74. The Morgan fingerprint density at radius 2 is 1.89 bits per heavy atom. The van der Waals surface area contributed by atoms with Crippen LogP contribution in [0, 0.1) is 19.8 Å². The highest BCUT2D eigenvalue weighted by atomic mass is 16.4. The highest BCUT2D eigenvalue weighted by Crippen LogP contribution is 2.24. The molecule has 1 aliphatic heterocycles. The number of nitrogens with one attached hydrogen (secondary N) is 4. The average Bonchev–Trinajstić information content (AvgIpc) is 3.36. The molecule has 4 N–H and O–H groups in total. The van der Waals surface area contributed by atoms with Gasteiger partial charge in [-0.05, 0) is 52.0 Å². The zero-order valence-corrected chi connectivity index (χ0v) is 21.6. The molecular weight excluding hydrogens is 466 g/mol. The Labute approximate surface area is 210 Å². The van der Waals surface area contributed by atoms with E-state index in [1.165, 1.54) is 0 Å². The standard InChI is InChI=1S/C24H35N7O5/c1-12(2)18-24-29-19(15(5)36-24)23(35)26-14(4)20(32)25-10-8-7-9-16(21(33)28-18)27-22(34)17-11-13(3)31(6)30-17/h11-12,14,16,18H,7-10H2,1-6H3,(H,25,32)(H,26,35)(H,27,34)(H,28,33)/t14-,16+,18+/m1/s1. The highest BCUT2D eigenvalue weighted by molar-refractivity contribution is 5.97. The molecule has 0 radical (unpaired) electrons. The van der Waals surface area contributed by atoms with Crippen LogP contribution in [0.1, 0.15) is 84.4 Å². The monoisotopic (exact) mass is 501 g/mol. The fourth-order valence-electron chi connectivity index (χ4n) is 3.87. The van der Waals surface area contributed by atoms with Crippen LogP contribution in [-0.2, 0) is 16.6 Å². The van der Waals surface area contributed by atoms with Gasteiger partial charge in [-0.25, -0.2) is 4.98 Å². The number of aromatic nitrogens is 3. The van der Waals surface area contributed by atoms with Gasteiger partial charge in [-0.2, -0.15) is 5.10 Å². The minimum Gasteiger partial charge on any atom is -0.443 e. The van der Waals surface area contributed by atoms with Crippen LogP contribution in [0.15, 0.2) is 10.5 Å². The van der Waals surface area contributed by atoms with E-state index < -0.39 is 35.8 Å². The summed E-state index contributed by atoms with van der Waals surface area (Å²) in [5.41, 5.74) is 1.08. The number of hydrogen-bond donors (Lipinski definition) is 4. The fourth-order valence-corrected chi connectivity index (χ4v) is 3.87. The van der Waals surface area contributed by atoms with Crippen molar-refractivity contribution in [3.8, 4) is 0 Å². The molecule has 196 valence electrons. The van der Waals surface area contributed by atoms with E-state index >= 15 is 0 Å². The van der Waals surface area contributed by atoms with Crippen LogP contribution in [0.3, 0.4) is 0 Å². The lowest BCUT2D eigenvalue weighted by Crippen LogP contribution is -2.48. The van der Waals surface area contributed by atoms with Gasteiger partial charge >= 0.3 is 0 Å². The predicted octanol–water partition coefficient (Wildman–Crippen LogP) is 1.06. The van der Waals surface area contributed by atoms with Crippen molar-refractivity contribution < 1.29 is 23.6 Å². The minimum atomic E-state index is -0.845. The van der Waals surface area contributed by atoms with Crippen LogP contribution >= 0.6 is 0 Å². The number of nitrogens with zero attached hydrogens (tertiary/aromatic N) is 3. The summed E-state index contributed by atoms with van der Waals surface area (Å²) in [5.74, 6) is -1.40. The van der Waals surface area contributed by atoms with Gasteiger partial charge in [0.1, 0.15) is 29.6 Å². The van der Waals surface area contributed by atoms with Crippen molar-refractivity contribution in [1.29, 1.82) is 0 Å². The number of rotatable bonds is 3. The smallest absolute Gasteiger partial charge is 0.274 e. The van der Waals surface area contributed by atoms with E-state index in [9.17, 15) is 19.2 Å². The van der Waals surface area contributed by atoms with Crippen molar-refractivity contribution in [2.75, 3.05) is 6.54 Å². The van der Waals surface area contributed by atoms with Gasteiger partial charge in [-0.15, -0.1) is 0 Å². The molecule has 4 amide bonds. The van der Waals surface area contributed by atoms with E-state index in [-0.39, 0.29) is 34.9 Å². The zero-order chi connectivity index (χ0) is 26.6. The largest absolute Gasteiger partial charge is 0.443 e. The summed E-state index contributed by atoms with van der Waals surface area (Å²) in [5, 5.41) is 15.3. The third-order valence-electron chi connectivity index (χ3n) is 6.19. The maximum Gasteiger partial charge on any atom is 0.274 e. The van der Waals surface area contributed by atoms with Gasteiger partial charge in [0.15, 0.2) is 5.69 Å². The van der Waals surface area contributed by atoms with E-state index in [0.717, 1.165) is 5.69 Å². The number of fused-ring (bicyclic) bond motifs is 2. The minimum absolute atomic E-state index is 0.0482. The number of aryl methyl sites for hydroxylation is 3. The Balaban J connectivity index is 1.89. The molecule has 3 heterocycles. The molecular formula is C24H35N7O5. The lowest BCUT2D eigenvalue weighted by Gasteiger charge is -2.24. The molecule has 0 spiro atoms. The highest BCUT2D eigenvalue weighted by Gasteiger charge is 2.31. The Kier molecular flexibility index (Phi) is 8.49. The first-order valence-corrected chi connectivity index (χ1v) is 12.2. The van der Waals surface area contributed by atoms with Gasteiger partial charge in [0.05, 0.1) is 0 Å². The fraction of sp³-hybridized carbons (Fsp3) is 0.583. The summed E-state index contributed by atoms with van der Waals surface area (Å²) in [4.78, 5) is 55.7. The quantitative estimate of drug-likeness (QED) is 0.489.